The molecule has 0 amide bonds. The fourth-order valence-corrected chi connectivity index (χ4v) is 2.55. The van der Waals surface area contributed by atoms with Gasteiger partial charge in [-0.15, -0.1) is 12.4 Å². The SMILES string of the molecule is CN1CC=C(c2c[nH]c3ccc(Cl)cc23)CC1.Cl. The third-order valence-electron chi connectivity index (χ3n) is 3.40. The first-order valence-electron chi connectivity index (χ1n) is 5.88. The van der Waals surface area contributed by atoms with E-state index in [4.69, 9.17) is 11.6 Å². The number of likely N-dealkylation sites (N-methyl/N-ethyl adjacent to an activating group) is 1. The van der Waals surface area contributed by atoms with Gasteiger partial charge in [-0.2, -0.15) is 0 Å². The number of aromatic nitrogens is 1. The van der Waals surface area contributed by atoms with Crippen molar-refractivity contribution in [2.24, 2.45) is 0 Å². The van der Waals surface area contributed by atoms with Crippen LogP contribution in [0.2, 0.25) is 5.02 Å². The molecule has 0 atom stereocenters. The number of benzene rings is 1. The molecule has 1 aliphatic heterocycles. The van der Waals surface area contributed by atoms with Crippen molar-refractivity contribution in [3.05, 3.63) is 41.1 Å². The van der Waals surface area contributed by atoms with Crippen LogP contribution in [0.25, 0.3) is 16.5 Å². The molecule has 0 fully saturated rings. The molecule has 96 valence electrons. The van der Waals surface area contributed by atoms with Crippen molar-refractivity contribution in [2.45, 2.75) is 6.42 Å². The number of fused-ring (bicyclic) bond motifs is 1. The van der Waals surface area contributed by atoms with Gasteiger partial charge in [0.15, 0.2) is 0 Å². The van der Waals surface area contributed by atoms with Gasteiger partial charge < -0.3 is 9.88 Å². The van der Waals surface area contributed by atoms with Crippen molar-refractivity contribution in [1.82, 2.24) is 9.88 Å². The summed E-state index contributed by atoms with van der Waals surface area (Å²) >= 11 is 6.07. The van der Waals surface area contributed by atoms with Gasteiger partial charge in [-0.05, 0) is 37.2 Å². The summed E-state index contributed by atoms with van der Waals surface area (Å²) in [6, 6.07) is 6.01. The van der Waals surface area contributed by atoms with Crippen LogP contribution in [0.15, 0.2) is 30.5 Å². The summed E-state index contributed by atoms with van der Waals surface area (Å²) in [6.07, 6.45) is 5.52. The maximum atomic E-state index is 6.07. The highest BCUT2D eigenvalue weighted by molar-refractivity contribution is 6.31. The molecule has 0 bridgehead atoms. The second kappa shape index (κ2) is 5.35. The standard InChI is InChI=1S/C14H15ClN2.ClH/c1-17-6-4-10(5-7-17)13-9-16-14-3-2-11(15)8-12(13)14;/h2-4,8-9,16H,5-7H2,1H3;1H. The molecule has 1 aromatic carbocycles. The molecule has 1 aliphatic rings. The molecule has 0 saturated carbocycles. The van der Waals surface area contributed by atoms with Gasteiger partial charge in [-0.3, -0.25) is 0 Å². The van der Waals surface area contributed by atoms with E-state index in [0.29, 0.717) is 0 Å². The van der Waals surface area contributed by atoms with E-state index in [1.54, 1.807) is 0 Å². The van der Waals surface area contributed by atoms with Crippen molar-refractivity contribution in [2.75, 3.05) is 20.1 Å². The molecule has 3 rings (SSSR count). The summed E-state index contributed by atoms with van der Waals surface area (Å²) in [4.78, 5) is 5.64. The van der Waals surface area contributed by atoms with Gasteiger partial charge in [-0.25, -0.2) is 0 Å². The maximum Gasteiger partial charge on any atom is 0.0461 e. The summed E-state index contributed by atoms with van der Waals surface area (Å²) in [5.74, 6) is 0. The average molecular weight is 283 g/mol. The number of aromatic amines is 1. The minimum absolute atomic E-state index is 0. The number of hydrogen-bond donors (Lipinski definition) is 1. The van der Waals surface area contributed by atoms with E-state index in [0.717, 1.165) is 30.0 Å². The van der Waals surface area contributed by atoms with Gasteiger partial charge in [0.1, 0.15) is 0 Å². The van der Waals surface area contributed by atoms with Crippen molar-refractivity contribution >= 4 is 40.5 Å². The Kier molecular flexibility index (Phi) is 4.00. The number of nitrogens with one attached hydrogen (secondary N) is 1. The van der Waals surface area contributed by atoms with Crippen LogP contribution in [0.5, 0.6) is 0 Å². The summed E-state index contributed by atoms with van der Waals surface area (Å²) in [5.41, 5.74) is 3.89. The smallest absolute Gasteiger partial charge is 0.0461 e. The topological polar surface area (TPSA) is 19.0 Å². The van der Waals surface area contributed by atoms with Crippen molar-refractivity contribution in [3.8, 4) is 0 Å². The number of halogens is 2. The predicted octanol–water partition coefficient (Wildman–Crippen LogP) is 3.96. The first kappa shape index (κ1) is 13.5. The average Bonchev–Trinajstić information content (AvgIpc) is 2.73. The highest BCUT2D eigenvalue weighted by Crippen LogP contribution is 2.30. The molecule has 0 saturated heterocycles. The minimum atomic E-state index is 0. The highest BCUT2D eigenvalue weighted by Gasteiger charge is 2.13. The van der Waals surface area contributed by atoms with Crippen LogP contribution in [0, 0.1) is 0 Å². The molecule has 4 heteroatoms. The van der Waals surface area contributed by atoms with E-state index in [-0.39, 0.29) is 12.4 Å². The van der Waals surface area contributed by atoms with Gasteiger partial charge in [0.05, 0.1) is 0 Å². The molecule has 18 heavy (non-hydrogen) atoms. The quantitative estimate of drug-likeness (QED) is 0.839. The second-order valence-corrected chi connectivity index (χ2v) is 5.07. The van der Waals surface area contributed by atoms with Crippen LogP contribution in [0.4, 0.5) is 0 Å². The Bertz CT molecular complexity index is 586. The van der Waals surface area contributed by atoms with Crippen LogP contribution in [0.3, 0.4) is 0 Å². The number of H-pyrrole nitrogens is 1. The maximum absolute atomic E-state index is 6.07. The van der Waals surface area contributed by atoms with Crippen molar-refractivity contribution in [3.63, 3.8) is 0 Å². The summed E-state index contributed by atoms with van der Waals surface area (Å²) in [6.45, 7) is 2.15. The van der Waals surface area contributed by atoms with Crippen LogP contribution in [-0.2, 0) is 0 Å². The van der Waals surface area contributed by atoms with Crippen LogP contribution in [-0.4, -0.2) is 30.0 Å². The fraction of sp³-hybridized carbons (Fsp3) is 0.286. The fourth-order valence-electron chi connectivity index (χ4n) is 2.37. The number of rotatable bonds is 1. The first-order valence-corrected chi connectivity index (χ1v) is 6.26. The monoisotopic (exact) mass is 282 g/mol. The summed E-state index contributed by atoms with van der Waals surface area (Å²) < 4.78 is 0. The van der Waals surface area contributed by atoms with Crippen molar-refractivity contribution in [1.29, 1.82) is 0 Å². The highest BCUT2D eigenvalue weighted by atomic mass is 35.5. The molecule has 2 heterocycles. The molecule has 0 spiro atoms. The molecule has 0 unspecified atom stereocenters. The molecule has 1 N–H and O–H groups in total. The second-order valence-electron chi connectivity index (χ2n) is 4.63. The zero-order valence-corrected chi connectivity index (χ0v) is 11.8. The first-order chi connectivity index (χ1) is 8.24. The van der Waals surface area contributed by atoms with E-state index < -0.39 is 0 Å². The molecule has 2 aromatic rings. The van der Waals surface area contributed by atoms with Gasteiger partial charge in [0.25, 0.3) is 0 Å². The summed E-state index contributed by atoms with van der Waals surface area (Å²) in [7, 11) is 2.15. The Balaban J connectivity index is 0.00000120. The Labute approximate surface area is 118 Å². The minimum Gasteiger partial charge on any atom is -0.361 e. The molecule has 0 radical (unpaired) electrons. The van der Waals surface area contributed by atoms with Gasteiger partial charge in [0, 0.05) is 40.8 Å². The van der Waals surface area contributed by atoms with Crippen molar-refractivity contribution < 1.29 is 0 Å². The molecule has 2 nitrogen and oxygen atoms in total. The number of nitrogens with zero attached hydrogens (tertiary/aromatic N) is 1. The van der Waals surface area contributed by atoms with Crippen LogP contribution >= 0.6 is 24.0 Å². The number of hydrogen-bond acceptors (Lipinski definition) is 1. The predicted molar refractivity (Wildman–Crippen MR) is 80.6 cm³/mol. The molecular weight excluding hydrogens is 267 g/mol. The third kappa shape index (κ3) is 2.41. The van der Waals surface area contributed by atoms with Crippen LogP contribution in [0.1, 0.15) is 12.0 Å². The van der Waals surface area contributed by atoms with Gasteiger partial charge in [-0.1, -0.05) is 17.7 Å². The van der Waals surface area contributed by atoms with Gasteiger partial charge in [0.2, 0.25) is 0 Å². The van der Waals surface area contributed by atoms with E-state index in [2.05, 4.69) is 29.2 Å². The Morgan fingerprint density at radius 3 is 2.89 bits per heavy atom. The largest absolute Gasteiger partial charge is 0.361 e. The van der Waals surface area contributed by atoms with Gasteiger partial charge >= 0.3 is 0 Å². The lowest BCUT2D eigenvalue weighted by atomic mass is 9.99. The Morgan fingerprint density at radius 1 is 1.33 bits per heavy atom. The summed E-state index contributed by atoms with van der Waals surface area (Å²) in [5, 5.41) is 2.03. The van der Waals surface area contributed by atoms with E-state index >= 15 is 0 Å². The lowest BCUT2D eigenvalue weighted by molar-refractivity contribution is 0.370. The van der Waals surface area contributed by atoms with E-state index in [9.17, 15) is 0 Å². The molecule has 0 aliphatic carbocycles. The van der Waals surface area contributed by atoms with E-state index in [1.165, 1.54) is 16.5 Å². The lowest BCUT2D eigenvalue weighted by Crippen LogP contribution is -2.23. The Hall–Kier alpha value is -0.960. The zero-order chi connectivity index (χ0) is 11.8. The van der Waals surface area contributed by atoms with E-state index in [1.807, 2.05) is 18.2 Å². The third-order valence-corrected chi connectivity index (χ3v) is 3.64. The molecule has 1 aromatic heterocycles. The molecular formula is C14H16Cl2N2. The Morgan fingerprint density at radius 2 is 2.17 bits per heavy atom. The lowest BCUT2D eigenvalue weighted by Gasteiger charge is -2.21. The van der Waals surface area contributed by atoms with Crippen LogP contribution < -0.4 is 0 Å². The normalized spacial score (nSPS) is 16.4. The zero-order valence-electron chi connectivity index (χ0n) is 10.2.